The number of amides is 1. The Morgan fingerprint density at radius 3 is 2.47 bits per heavy atom. The molecule has 0 atom stereocenters. The van der Waals surface area contributed by atoms with Crippen LogP contribution in [0.25, 0.3) is 0 Å². The van der Waals surface area contributed by atoms with Crippen molar-refractivity contribution in [2.75, 3.05) is 12.4 Å². The van der Waals surface area contributed by atoms with E-state index < -0.39 is 11.9 Å². The fraction of sp³-hybridized carbons (Fsp3) is 0.0769. The molecule has 1 amide bonds. The highest BCUT2D eigenvalue weighted by atomic mass is 16.5. The number of carbonyl (C=O) groups excluding carboxylic acids is 2. The maximum atomic E-state index is 11.9. The van der Waals surface area contributed by atoms with Crippen LogP contribution in [0.5, 0.6) is 0 Å². The molecule has 0 aliphatic rings. The molecule has 0 bridgehead atoms. The number of ether oxygens (including phenoxy) is 1. The second kappa shape index (κ2) is 5.72. The van der Waals surface area contributed by atoms with Crippen molar-refractivity contribution in [1.29, 1.82) is 0 Å². The van der Waals surface area contributed by atoms with Gasteiger partial charge in [0.05, 0.1) is 12.7 Å². The molecule has 0 unspecified atom stereocenters. The van der Waals surface area contributed by atoms with Crippen LogP contribution in [0.3, 0.4) is 0 Å². The minimum atomic E-state index is -0.495. The molecule has 0 aliphatic heterocycles. The van der Waals surface area contributed by atoms with Crippen LogP contribution in [-0.4, -0.2) is 29.0 Å². The number of nitrogens with one attached hydrogen (secondary N) is 1. The Balaban J connectivity index is 2.18. The van der Waals surface area contributed by atoms with Crippen LogP contribution in [0.1, 0.15) is 20.7 Å². The number of hydrogen-bond donors (Lipinski definition) is 1. The lowest BCUT2D eigenvalue weighted by molar-refractivity contribution is 0.0600. The number of methoxy groups -OCH3 is 1. The molecule has 0 radical (unpaired) electrons. The van der Waals surface area contributed by atoms with Crippen molar-refractivity contribution in [2.45, 2.75) is 0 Å². The number of carbonyl (C=O) groups is 2. The lowest BCUT2D eigenvalue weighted by atomic mass is 10.1. The maximum absolute atomic E-state index is 11.9. The smallest absolute Gasteiger partial charge is 0.337 e. The average Bonchev–Trinajstić information content (AvgIpc) is 2.47. The summed E-state index contributed by atoms with van der Waals surface area (Å²) in [4.78, 5) is 31.1. The van der Waals surface area contributed by atoms with Gasteiger partial charge in [0.1, 0.15) is 0 Å². The molecule has 1 aromatic carbocycles. The first-order chi connectivity index (χ1) is 9.20. The Hall–Kier alpha value is -2.76. The molecule has 2 aromatic rings. The van der Waals surface area contributed by atoms with Gasteiger partial charge < -0.3 is 4.74 Å². The summed E-state index contributed by atoms with van der Waals surface area (Å²) in [5.74, 6) is -0.682. The van der Waals surface area contributed by atoms with E-state index in [2.05, 4.69) is 20.0 Å². The first-order valence-electron chi connectivity index (χ1n) is 5.47. The molecule has 2 rings (SSSR count). The van der Waals surface area contributed by atoms with Gasteiger partial charge in [-0.2, -0.15) is 0 Å². The van der Waals surface area contributed by atoms with Crippen molar-refractivity contribution in [3.8, 4) is 0 Å². The highest BCUT2D eigenvalue weighted by Gasteiger charge is 2.11. The van der Waals surface area contributed by atoms with E-state index in [1.54, 1.807) is 24.3 Å². The predicted molar refractivity (Wildman–Crippen MR) is 67.8 cm³/mol. The minimum absolute atomic E-state index is 0.205. The van der Waals surface area contributed by atoms with Crippen LogP contribution in [-0.2, 0) is 4.74 Å². The Morgan fingerprint density at radius 1 is 1.11 bits per heavy atom. The zero-order chi connectivity index (χ0) is 13.7. The molecule has 6 nitrogen and oxygen atoms in total. The average molecular weight is 257 g/mol. The van der Waals surface area contributed by atoms with Gasteiger partial charge in [-0.1, -0.05) is 6.07 Å². The van der Waals surface area contributed by atoms with Gasteiger partial charge in [-0.05, 0) is 24.3 Å². The first kappa shape index (κ1) is 12.7. The van der Waals surface area contributed by atoms with Crippen molar-refractivity contribution in [1.82, 2.24) is 9.97 Å². The molecule has 0 saturated heterocycles. The van der Waals surface area contributed by atoms with Crippen molar-refractivity contribution < 1.29 is 14.3 Å². The summed E-state index contributed by atoms with van der Waals surface area (Å²) >= 11 is 0. The van der Waals surface area contributed by atoms with E-state index in [1.807, 2.05) is 0 Å². The number of nitrogens with zero attached hydrogens (tertiary/aromatic N) is 2. The molecule has 0 spiro atoms. The van der Waals surface area contributed by atoms with Gasteiger partial charge in [0.25, 0.3) is 5.91 Å². The molecule has 1 N–H and O–H groups in total. The van der Waals surface area contributed by atoms with Crippen LogP contribution in [0, 0.1) is 0 Å². The number of hydrogen-bond acceptors (Lipinski definition) is 5. The molecule has 0 fully saturated rings. The topological polar surface area (TPSA) is 81.2 Å². The van der Waals surface area contributed by atoms with Crippen molar-refractivity contribution in [3.05, 3.63) is 53.9 Å². The van der Waals surface area contributed by atoms with E-state index in [-0.39, 0.29) is 5.95 Å². The lowest BCUT2D eigenvalue weighted by Gasteiger charge is -2.04. The third-order valence-corrected chi connectivity index (χ3v) is 2.34. The van der Waals surface area contributed by atoms with E-state index >= 15 is 0 Å². The number of anilines is 1. The van der Waals surface area contributed by atoms with E-state index in [0.717, 1.165) is 0 Å². The fourth-order valence-corrected chi connectivity index (χ4v) is 1.44. The number of esters is 1. The van der Waals surface area contributed by atoms with Crippen LogP contribution in [0.4, 0.5) is 5.95 Å². The van der Waals surface area contributed by atoms with E-state index in [0.29, 0.717) is 11.1 Å². The molecule has 0 aliphatic carbocycles. The monoisotopic (exact) mass is 257 g/mol. The van der Waals surface area contributed by atoms with Gasteiger partial charge >= 0.3 is 5.97 Å². The van der Waals surface area contributed by atoms with Gasteiger partial charge in [0, 0.05) is 18.0 Å². The zero-order valence-electron chi connectivity index (χ0n) is 10.2. The number of benzene rings is 1. The van der Waals surface area contributed by atoms with Crippen molar-refractivity contribution >= 4 is 17.8 Å². The van der Waals surface area contributed by atoms with Gasteiger partial charge in [-0.25, -0.2) is 14.8 Å². The normalized spacial score (nSPS) is 9.74. The lowest BCUT2D eigenvalue weighted by Crippen LogP contribution is -2.14. The van der Waals surface area contributed by atoms with Crippen molar-refractivity contribution in [2.24, 2.45) is 0 Å². The minimum Gasteiger partial charge on any atom is -0.465 e. The molecule has 1 heterocycles. The highest BCUT2D eigenvalue weighted by Crippen LogP contribution is 2.08. The number of rotatable bonds is 3. The first-order valence-corrected chi connectivity index (χ1v) is 5.47. The second-order valence-electron chi connectivity index (χ2n) is 3.60. The van der Waals surface area contributed by atoms with E-state index in [9.17, 15) is 9.59 Å². The summed E-state index contributed by atoms with van der Waals surface area (Å²) in [5, 5.41) is 2.53. The zero-order valence-corrected chi connectivity index (χ0v) is 10.2. The summed E-state index contributed by atoms with van der Waals surface area (Å²) in [6.45, 7) is 0. The summed E-state index contributed by atoms with van der Waals surface area (Å²) in [6, 6.07) is 7.86. The van der Waals surface area contributed by atoms with Crippen LogP contribution < -0.4 is 5.32 Å². The molecule has 0 saturated carbocycles. The van der Waals surface area contributed by atoms with Crippen LogP contribution >= 0.6 is 0 Å². The molecule has 96 valence electrons. The van der Waals surface area contributed by atoms with Gasteiger partial charge in [0.2, 0.25) is 5.95 Å². The third kappa shape index (κ3) is 3.12. The Morgan fingerprint density at radius 2 is 1.79 bits per heavy atom. The Labute approximate surface area is 109 Å². The van der Waals surface area contributed by atoms with Gasteiger partial charge in [0.15, 0.2) is 0 Å². The van der Waals surface area contributed by atoms with Crippen LogP contribution in [0.15, 0.2) is 42.7 Å². The largest absolute Gasteiger partial charge is 0.465 e. The SMILES string of the molecule is COC(=O)c1cccc(C(=O)Nc2ncccn2)c1. The van der Waals surface area contributed by atoms with E-state index in [4.69, 9.17) is 0 Å². The molecular formula is C13H11N3O3. The molecule has 19 heavy (non-hydrogen) atoms. The summed E-state index contributed by atoms with van der Waals surface area (Å²) in [7, 11) is 1.28. The third-order valence-electron chi connectivity index (χ3n) is 2.34. The maximum Gasteiger partial charge on any atom is 0.337 e. The van der Waals surface area contributed by atoms with Crippen LogP contribution in [0.2, 0.25) is 0 Å². The van der Waals surface area contributed by atoms with Gasteiger partial charge in [-0.15, -0.1) is 0 Å². The Bertz CT molecular complexity index is 599. The number of aromatic nitrogens is 2. The van der Waals surface area contributed by atoms with Gasteiger partial charge in [-0.3, -0.25) is 10.1 Å². The summed E-state index contributed by atoms with van der Waals surface area (Å²) in [5.41, 5.74) is 0.638. The highest BCUT2D eigenvalue weighted by molar-refractivity contribution is 6.04. The predicted octanol–water partition coefficient (Wildman–Crippen LogP) is 1.52. The summed E-state index contributed by atoms with van der Waals surface area (Å²) < 4.78 is 4.59. The molecule has 1 aromatic heterocycles. The second-order valence-corrected chi connectivity index (χ2v) is 3.60. The standard InChI is InChI=1S/C13H11N3O3/c1-19-12(18)10-5-2-4-9(8-10)11(17)16-13-14-6-3-7-15-13/h2-8H,1H3,(H,14,15,16,17). The molecular weight excluding hydrogens is 246 g/mol. The van der Waals surface area contributed by atoms with E-state index in [1.165, 1.54) is 25.6 Å². The van der Waals surface area contributed by atoms with Crippen molar-refractivity contribution in [3.63, 3.8) is 0 Å². The molecule has 6 heteroatoms. The Kier molecular flexibility index (Phi) is 3.82. The summed E-state index contributed by atoms with van der Waals surface area (Å²) in [6.07, 6.45) is 3.04. The fourth-order valence-electron chi connectivity index (χ4n) is 1.44. The quantitative estimate of drug-likeness (QED) is 0.843.